The summed E-state index contributed by atoms with van der Waals surface area (Å²) < 4.78 is 5.30. The van der Waals surface area contributed by atoms with Gasteiger partial charge in [0.05, 0.1) is 19.3 Å². The van der Waals surface area contributed by atoms with E-state index < -0.39 is 0 Å². The lowest BCUT2D eigenvalue weighted by molar-refractivity contribution is 0.194. The molecule has 0 saturated carbocycles. The van der Waals surface area contributed by atoms with E-state index in [0.29, 0.717) is 13.0 Å². The first-order valence-electron chi connectivity index (χ1n) is 7.18. The number of aliphatic hydroxyl groups is 1. The summed E-state index contributed by atoms with van der Waals surface area (Å²) in [6.45, 7) is 2.66. The number of anilines is 1. The number of rotatable bonds is 3. The number of benzene rings is 1. The lowest BCUT2D eigenvalue weighted by Gasteiger charge is -2.26. The highest BCUT2D eigenvalue weighted by atomic mass is 16.5. The van der Waals surface area contributed by atoms with E-state index in [2.05, 4.69) is 28.9 Å². The van der Waals surface area contributed by atoms with Gasteiger partial charge in [0.15, 0.2) is 0 Å². The van der Waals surface area contributed by atoms with Gasteiger partial charge in [-0.25, -0.2) is 4.98 Å². The van der Waals surface area contributed by atoms with Crippen LogP contribution in [-0.4, -0.2) is 29.8 Å². The molecular weight excluding hydrogens is 264 g/mol. The molecule has 0 bridgehead atoms. The Morgan fingerprint density at radius 2 is 2.14 bits per heavy atom. The molecule has 1 saturated heterocycles. The molecule has 0 aliphatic carbocycles. The van der Waals surface area contributed by atoms with Crippen LogP contribution in [-0.2, 0) is 0 Å². The molecule has 2 atom stereocenters. The first-order chi connectivity index (χ1) is 10.2. The minimum atomic E-state index is -0.330. The quantitative estimate of drug-likeness (QED) is 0.941. The molecule has 1 N–H and O–H groups in total. The van der Waals surface area contributed by atoms with Crippen LogP contribution in [0.5, 0.6) is 5.75 Å². The number of nitrogens with zero attached hydrogens (tertiary/aromatic N) is 2. The molecule has 2 unspecified atom stereocenters. The maximum absolute atomic E-state index is 10.1. The van der Waals surface area contributed by atoms with Crippen molar-refractivity contribution in [2.45, 2.75) is 25.5 Å². The van der Waals surface area contributed by atoms with E-state index in [1.807, 2.05) is 30.5 Å². The Morgan fingerprint density at radius 1 is 1.29 bits per heavy atom. The molecule has 0 amide bonds. The zero-order valence-corrected chi connectivity index (χ0v) is 12.4. The van der Waals surface area contributed by atoms with E-state index in [1.54, 1.807) is 7.11 Å². The fourth-order valence-corrected chi connectivity index (χ4v) is 2.91. The number of hydrogen-bond donors (Lipinski definition) is 1. The van der Waals surface area contributed by atoms with Crippen molar-refractivity contribution in [2.24, 2.45) is 0 Å². The molecule has 2 aromatic rings. The Hall–Kier alpha value is -2.07. The zero-order chi connectivity index (χ0) is 14.8. The predicted octanol–water partition coefficient (Wildman–Crippen LogP) is 2.71. The minimum absolute atomic E-state index is 0.129. The fourth-order valence-electron chi connectivity index (χ4n) is 2.91. The average Bonchev–Trinajstić information content (AvgIpc) is 2.89. The van der Waals surface area contributed by atoms with Crippen molar-refractivity contribution in [3.63, 3.8) is 0 Å². The fraction of sp³-hybridized carbons (Fsp3) is 0.353. The number of pyridine rings is 1. The van der Waals surface area contributed by atoms with Crippen LogP contribution in [0.2, 0.25) is 0 Å². The van der Waals surface area contributed by atoms with E-state index in [-0.39, 0.29) is 12.1 Å². The lowest BCUT2D eigenvalue weighted by Crippen LogP contribution is -2.25. The standard InChI is InChI=1S/C17H20N2O2/c1-12-6-7-18-17(8-12)19-11-14(20)10-16(19)13-4-3-5-15(9-13)21-2/h3-9,14,16,20H,10-11H2,1-2H3. The van der Waals surface area contributed by atoms with Crippen LogP contribution in [0.25, 0.3) is 0 Å². The third-order valence-corrected chi connectivity index (χ3v) is 3.95. The van der Waals surface area contributed by atoms with Gasteiger partial charge in [-0.2, -0.15) is 0 Å². The van der Waals surface area contributed by atoms with Gasteiger partial charge < -0.3 is 14.7 Å². The summed E-state index contributed by atoms with van der Waals surface area (Å²) >= 11 is 0. The molecule has 2 heterocycles. The molecule has 1 aromatic heterocycles. The first kappa shape index (κ1) is 13.9. The number of aromatic nitrogens is 1. The third-order valence-electron chi connectivity index (χ3n) is 3.95. The maximum atomic E-state index is 10.1. The number of ether oxygens (including phenoxy) is 1. The monoisotopic (exact) mass is 284 g/mol. The van der Waals surface area contributed by atoms with Gasteiger partial charge in [0.1, 0.15) is 11.6 Å². The second-order valence-corrected chi connectivity index (χ2v) is 5.53. The third kappa shape index (κ3) is 2.85. The van der Waals surface area contributed by atoms with Crippen LogP contribution in [0, 0.1) is 6.92 Å². The van der Waals surface area contributed by atoms with Crippen molar-refractivity contribution in [1.29, 1.82) is 0 Å². The van der Waals surface area contributed by atoms with E-state index >= 15 is 0 Å². The van der Waals surface area contributed by atoms with E-state index in [0.717, 1.165) is 17.1 Å². The number of methoxy groups -OCH3 is 1. The Balaban J connectivity index is 1.95. The minimum Gasteiger partial charge on any atom is -0.497 e. The van der Waals surface area contributed by atoms with Crippen molar-refractivity contribution in [3.8, 4) is 5.75 Å². The van der Waals surface area contributed by atoms with E-state index in [9.17, 15) is 5.11 Å². The van der Waals surface area contributed by atoms with Gasteiger partial charge in [-0.3, -0.25) is 0 Å². The maximum Gasteiger partial charge on any atom is 0.129 e. The van der Waals surface area contributed by atoms with Gasteiger partial charge in [-0.1, -0.05) is 12.1 Å². The second kappa shape index (κ2) is 5.74. The molecule has 110 valence electrons. The molecule has 1 aromatic carbocycles. The molecule has 4 heteroatoms. The molecule has 21 heavy (non-hydrogen) atoms. The van der Waals surface area contributed by atoms with Crippen molar-refractivity contribution in [3.05, 3.63) is 53.7 Å². The van der Waals surface area contributed by atoms with Gasteiger partial charge in [0, 0.05) is 12.7 Å². The van der Waals surface area contributed by atoms with Crippen LogP contribution in [0.1, 0.15) is 23.6 Å². The van der Waals surface area contributed by atoms with Gasteiger partial charge >= 0.3 is 0 Å². The second-order valence-electron chi connectivity index (χ2n) is 5.53. The summed E-state index contributed by atoms with van der Waals surface area (Å²) in [7, 11) is 1.67. The largest absolute Gasteiger partial charge is 0.497 e. The molecule has 0 radical (unpaired) electrons. The molecule has 4 nitrogen and oxygen atoms in total. The van der Waals surface area contributed by atoms with Crippen LogP contribution in [0.3, 0.4) is 0 Å². The molecule has 3 rings (SSSR count). The summed E-state index contributed by atoms with van der Waals surface area (Å²) in [6.07, 6.45) is 2.20. The smallest absolute Gasteiger partial charge is 0.129 e. The summed E-state index contributed by atoms with van der Waals surface area (Å²) in [5.74, 6) is 1.76. The molecule has 1 aliphatic rings. The van der Waals surface area contributed by atoms with Crippen molar-refractivity contribution >= 4 is 5.82 Å². The number of aliphatic hydroxyl groups excluding tert-OH is 1. The number of hydrogen-bond acceptors (Lipinski definition) is 4. The van der Waals surface area contributed by atoms with Crippen molar-refractivity contribution in [1.82, 2.24) is 4.98 Å². The summed E-state index contributed by atoms with van der Waals surface area (Å²) in [5.41, 5.74) is 2.32. The van der Waals surface area contributed by atoms with Gasteiger partial charge in [0.2, 0.25) is 0 Å². The normalized spacial score (nSPS) is 21.6. The summed E-state index contributed by atoms with van der Waals surface area (Å²) in [4.78, 5) is 6.63. The first-order valence-corrected chi connectivity index (χ1v) is 7.18. The highest BCUT2D eigenvalue weighted by Gasteiger charge is 2.33. The zero-order valence-electron chi connectivity index (χ0n) is 12.4. The molecule has 1 fully saturated rings. The molecule has 0 spiro atoms. The topological polar surface area (TPSA) is 45.6 Å². The number of β-amino-alcohol motifs (C(OH)–C–C–N with tert-alkyl or cyclic N) is 1. The average molecular weight is 284 g/mol. The van der Waals surface area contributed by atoms with Gasteiger partial charge in [-0.15, -0.1) is 0 Å². The predicted molar refractivity (Wildman–Crippen MR) is 82.7 cm³/mol. The summed E-state index contributed by atoms with van der Waals surface area (Å²) in [5, 5.41) is 10.1. The highest BCUT2D eigenvalue weighted by molar-refractivity contribution is 5.47. The highest BCUT2D eigenvalue weighted by Crippen LogP contribution is 2.36. The van der Waals surface area contributed by atoms with Crippen molar-refractivity contribution in [2.75, 3.05) is 18.6 Å². The molecular formula is C17H20N2O2. The van der Waals surface area contributed by atoms with Crippen LogP contribution < -0.4 is 9.64 Å². The van der Waals surface area contributed by atoms with Gasteiger partial charge in [-0.05, 0) is 48.7 Å². The Kier molecular flexibility index (Phi) is 3.80. The van der Waals surface area contributed by atoms with Crippen LogP contribution in [0.4, 0.5) is 5.82 Å². The Bertz CT molecular complexity index is 630. The Morgan fingerprint density at radius 3 is 2.90 bits per heavy atom. The van der Waals surface area contributed by atoms with E-state index in [1.165, 1.54) is 5.56 Å². The van der Waals surface area contributed by atoms with Crippen molar-refractivity contribution < 1.29 is 9.84 Å². The SMILES string of the molecule is COc1cccc(C2CC(O)CN2c2cc(C)ccn2)c1. The van der Waals surface area contributed by atoms with E-state index in [4.69, 9.17) is 4.74 Å². The lowest BCUT2D eigenvalue weighted by atomic mass is 10.0. The number of aryl methyl sites for hydroxylation is 1. The van der Waals surface area contributed by atoms with Crippen LogP contribution in [0.15, 0.2) is 42.6 Å². The summed E-state index contributed by atoms with van der Waals surface area (Å²) in [6, 6.07) is 12.2. The van der Waals surface area contributed by atoms with Gasteiger partial charge in [0.25, 0.3) is 0 Å². The van der Waals surface area contributed by atoms with Crippen LogP contribution >= 0.6 is 0 Å². The Labute approximate surface area is 125 Å². The molecule has 1 aliphatic heterocycles.